The summed E-state index contributed by atoms with van der Waals surface area (Å²) in [4.78, 5) is 14.4. The van der Waals surface area contributed by atoms with E-state index in [-0.39, 0.29) is 17.0 Å². The third-order valence-corrected chi connectivity index (χ3v) is 3.34. The van der Waals surface area contributed by atoms with Gasteiger partial charge in [0.25, 0.3) is 5.91 Å². The lowest BCUT2D eigenvalue weighted by molar-refractivity contribution is 0.0555. The van der Waals surface area contributed by atoms with E-state index in [4.69, 9.17) is 0 Å². The summed E-state index contributed by atoms with van der Waals surface area (Å²) < 4.78 is 1.90. The van der Waals surface area contributed by atoms with Crippen molar-refractivity contribution in [3.63, 3.8) is 0 Å². The summed E-state index contributed by atoms with van der Waals surface area (Å²) in [6, 6.07) is 0. The van der Waals surface area contributed by atoms with Gasteiger partial charge in [-0.1, -0.05) is 0 Å². The molecule has 1 aliphatic heterocycles. The first-order chi connectivity index (χ1) is 8.10. The summed E-state index contributed by atoms with van der Waals surface area (Å²) in [5.74, 6) is 0.0618. The van der Waals surface area contributed by atoms with Gasteiger partial charge in [0, 0.05) is 23.8 Å². The highest BCUT2D eigenvalue weighted by atomic mass is 16.2. The predicted molar refractivity (Wildman–Crippen MR) is 71.7 cm³/mol. The zero-order valence-corrected chi connectivity index (χ0v) is 12.2. The molecule has 0 atom stereocenters. The fourth-order valence-corrected chi connectivity index (χ4v) is 2.22. The third kappa shape index (κ3) is 2.16. The number of fused-ring (bicyclic) bond motifs is 1. The standard InChI is InChI=1S/C14H23N3O/c1-13(2,3)16-8-7-10-9-17(14(4,5)6)15-11(10)12(16)18/h9H,7-8H2,1-6H3. The second kappa shape index (κ2) is 3.84. The van der Waals surface area contributed by atoms with Crippen molar-refractivity contribution in [3.05, 3.63) is 17.5 Å². The Kier molecular flexibility index (Phi) is 2.80. The number of aromatic nitrogens is 2. The molecule has 100 valence electrons. The van der Waals surface area contributed by atoms with Gasteiger partial charge < -0.3 is 4.90 Å². The van der Waals surface area contributed by atoms with E-state index >= 15 is 0 Å². The van der Waals surface area contributed by atoms with E-state index in [1.807, 2.05) is 15.8 Å². The molecule has 1 amide bonds. The van der Waals surface area contributed by atoms with Crippen molar-refractivity contribution in [1.29, 1.82) is 0 Å². The quantitative estimate of drug-likeness (QED) is 0.708. The number of hydrogen-bond acceptors (Lipinski definition) is 2. The highest BCUT2D eigenvalue weighted by molar-refractivity contribution is 5.95. The predicted octanol–water partition coefficient (Wildman–Crippen LogP) is 2.43. The fourth-order valence-electron chi connectivity index (χ4n) is 2.22. The summed E-state index contributed by atoms with van der Waals surface area (Å²) in [7, 11) is 0. The molecule has 0 radical (unpaired) electrons. The average molecular weight is 249 g/mol. The minimum absolute atomic E-state index is 0.0618. The van der Waals surface area contributed by atoms with Crippen molar-refractivity contribution >= 4 is 5.91 Å². The molecular weight excluding hydrogens is 226 g/mol. The van der Waals surface area contributed by atoms with E-state index < -0.39 is 0 Å². The minimum Gasteiger partial charge on any atom is -0.332 e. The van der Waals surface area contributed by atoms with Gasteiger partial charge in [-0.25, -0.2) is 0 Å². The lowest BCUT2D eigenvalue weighted by atomic mass is 9.99. The van der Waals surface area contributed by atoms with Crippen molar-refractivity contribution in [2.24, 2.45) is 0 Å². The van der Waals surface area contributed by atoms with E-state index in [2.05, 4.69) is 46.6 Å². The fraction of sp³-hybridized carbons (Fsp3) is 0.714. The minimum atomic E-state index is -0.139. The molecule has 4 heteroatoms. The maximum Gasteiger partial charge on any atom is 0.275 e. The van der Waals surface area contributed by atoms with Crippen LogP contribution < -0.4 is 0 Å². The summed E-state index contributed by atoms with van der Waals surface area (Å²) in [6.45, 7) is 13.3. The van der Waals surface area contributed by atoms with Crippen LogP contribution >= 0.6 is 0 Å². The van der Waals surface area contributed by atoms with Crippen LogP contribution in [-0.4, -0.2) is 32.7 Å². The molecule has 0 bridgehead atoms. The first kappa shape index (κ1) is 13.1. The molecule has 0 saturated carbocycles. The van der Waals surface area contributed by atoms with Gasteiger partial charge in [-0.15, -0.1) is 0 Å². The zero-order chi connectivity index (χ0) is 13.7. The van der Waals surface area contributed by atoms with Crippen LogP contribution in [0.3, 0.4) is 0 Å². The van der Waals surface area contributed by atoms with Gasteiger partial charge in [-0.3, -0.25) is 9.48 Å². The summed E-state index contributed by atoms with van der Waals surface area (Å²) in [5, 5.41) is 4.49. The molecule has 0 aliphatic carbocycles. The molecule has 1 aliphatic rings. The van der Waals surface area contributed by atoms with Crippen molar-refractivity contribution in [2.75, 3.05) is 6.54 Å². The molecule has 0 N–H and O–H groups in total. The second-order valence-electron chi connectivity index (χ2n) is 7.00. The highest BCUT2D eigenvalue weighted by Gasteiger charge is 2.35. The third-order valence-electron chi connectivity index (χ3n) is 3.34. The van der Waals surface area contributed by atoms with Crippen LogP contribution in [0.4, 0.5) is 0 Å². The second-order valence-corrected chi connectivity index (χ2v) is 7.00. The highest BCUT2D eigenvalue weighted by Crippen LogP contribution is 2.26. The molecule has 4 nitrogen and oxygen atoms in total. The molecule has 0 unspecified atom stereocenters. The molecule has 2 rings (SSSR count). The number of rotatable bonds is 0. The number of nitrogens with zero attached hydrogens (tertiary/aromatic N) is 3. The smallest absolute Gasteiger partial charge is 0.275 e. The molecule has 0 aromatic carbocycles. The van der Waals surface area contributed by atoms with Crippen LogP contribution in [-0.2, 0) is 12.0 Å². The van der Waals surface area contributed by atoms with E-state index in [0.29, 0.717) is 5.69 Å². The topological polar surface area (TPSA) is 38.1 Å². The van der Waals surface area contributed by atoms with Crippen LogP contribution in [0.15, 0.2) is 6.20 Å². The monoisotopic (exact) mass is 249 g/mol. The first-order valence-corrected chi connectivity index (χ1v) is 6.52. The van der Waals surface area contributed by atoms with E-state index in [1.54, 1.807) is 0 Å². The van der Waals surface area contributed by atoms with Crippen LogP contribution in [0.25, 0.3) is 0 Å². The van der Waals surface area contributed by atoms with Gasteiger partial charge in [-0.2, -0.15) is 5.10 Å². The van der Waals surface area contributed by atoms with Gasteiger partial charge in [-0.05, 0) is 48.0 Å². The molecule has 1 aromatic rings. The summed E-state index contributed by atoms with van der Waals surface area (Å²) in [5.41, 5.74) is 1.49. The van der Waals surface area contributed by atoms with Gasteiger partial charge in [0.1, 0.15) is 0 Å². The normalized spacial score (nSPS) is 17.0. The van der Waals surface area contributed by atoms with Crippen molar-refractivity contribution in [1.82, 2.24) is 14.7 Å². The van der Waals surface area contributed by atoms with Crippen LogP contribution in [0.2, 0.25) is 0 Å². The number of carbonyl (C=O) groups excluding carboxylic acids is 1. The summed E-state index contributed by atoms with van der Waals surface area (Å²) in [6.07, 6.45) is 2.92. The van der Waals surface area contributed by atoms with Crippen LogP contribution in [0.1, 0.15) is 57.6 Å². The Morgan fingerprint density at radius 3 is 2.22 bits per heavy atom. The number of carbonyl (C=O) groups is 1. The molecule has 0 fully saturated rings. The largest absolute Gasteiger partial charge is 0.332 e. The van der Waals surface area contributed by atoms with E-state index in [0.717, 1.165) is 18.5 Å². The SMILES string of the molecule is CC(C)(C)N1CCc2cn(C(C)(C)C)nc2C1=O. The van der Waals surface area contributed by atoms with Crippen LogP contribution in [0.5, 0.6) is 0 Å². The number of amides is 1. The zero-order valence-electron chi connectivity index (χ0n) is 12.2. The maximum absolute atomic E-state index is 12.5. The first-order valence-electron chi connectivity index (χ1n) is 6.52. The van der Waals surface area contributed by atoms with E-state index in [1.165, 1.54) is 0 Å². The Morgan fingerprint density at radius 2 is 1.72 bits per heavy atom. The van der Waals surface area contributed by atoms with Crippen molar-refractivity contribution < 1.29 is 4.79 Å². The molecule has 1 aromatic heterocycles. The van der Waals surface area contributed by atoms with Gasteiger partial charge in [0.2, 0.25) is 0 Å². The van der Waals surface area contributed by atoms with E-state index in [9.17, 15) is 4.79 Å². The average Bonchev–Trinajstić information content (AvgIpc) is 2.59. The maximum atomic E-state index is 12.5. The summed E-state index contributed by atoms with van der Waals surface area (Å²) >= 11 is 0. The lowest BCUT2D eigenvalue weighted by Gasteiger charge is -2.37. The Balaban J connectivity index is 2.39. The Hall–Kier alpha value is -1.32. The molecule has 0 spiro atoms. The lowest BCUT2D eigenvalue weighted by Crippen LogP contribution is -2.49. The van der Waals surface area contributed by atoms with Gasteiger partial charge in [0.05, 0.1) is 5.54 Å². The number of hydrogen-bond donors (Lipinski definition) is 0. The molecular formula is C14H23N3O. The Morgan fingerprint density at radius 1 is 1.11 bits per heavy atom. The Bertz CT molecular complexity index is 474. The molecule has 2 heterocycles. The Labute approximate surface area is 109 Å². The molecule has 0 saturated heterocycles. The van der Waals surface area contributed by atoms with Gasteiger partial charge >= 0.3 is 0 Å². The van der Waals surface area contributed by atoms with Gasteiger partial charge in [0.15, 0.2) is 5.69 Å². The molecule has 18 heavy (non-hydrogen) atoms. The van der Waals surface area contributed by atoms with Crippen molar-refractivity contribution in [2.45, 2.75) is 59.0 Å². The van der Waals surface area contributed by atoms with Crippen molar-refractivity contribution in [3.8, 4) is 0 Å². The van der Waals surface area contributed by atoms with Crippen LogP contribution in [0, 0.1) is 0 Å².